The maximum atomic E-state index is 12.9. The summed E-state index contributed by atoms with van der Waals surface area (Å²) in [5, 5.41) is 0. The van der Waals surface area contributed by atoms with Crippen molar-refractivity contribution in [1.29, 1.82) is 0 Å². The van der Waals surface area contributed by atoms with Gasteiger partial charge in [0.25, 0.3) is 0 Å². The number of nitrogens with zero attached hydrogens (tertiary/aromatic N) is 2. The lowest BCUT2D eigenvalue weighted by Gasteiger charge is -2.31. The Morgan fingerprint density at radius 1 is 1.12 bits per heavy atom. The van der Waals surface area contributed by atoms with Gasteiger partial charge in [0, 0.05) is 24.0 Å². The van der Waals surface area contributed by atoms with Crippen LogP contribution in [0.2, 0.25) is 0 Å². The van der Waals surface area contributed by atoms with E-state index in [1.807, 2.05) is 29.4 Å². The number of carbonyl (C=O) groups is 1. The van der Waals surface area contributed by atoms with Crippen molar-refractivity contribution in [2.45, 2.75) is 6.54 Å². The van der Waals surface area contributed by atoms with Crippen LogP contribution in [-0.4, -0.2) is 42.0 Å². The molecular weight excluding hydrogens is 305 g/mol. The maximum Gasteiger partial charge on any atom is 0.246 e. The predicted molar refractivity (Wildman–Crippen MR) is 90.7 cm³/mol. The molecule has 3 rings (SSSR count). The summed E-state index contributed by atoms with van der Waals surface area (Å²) in [4.78, 5) is 19.6. The molecule has 0 aliphatic carbocycles. The zero-order valence-electron chi connectivity index (χ0n) is 13.5. The van der Waals surface area contributed by atoms with Crippen LogP contribution in [0.25, 0.3) is 6.08 Å². The predicted octanol–water partition coefficient (Wildman–Crippen LogP) is 1.16. The van der Waals surface area contributed by atoms with Crippen LogP contribution in [0.5, 0.6) is 0 Å². The lowest BCUT2D eigenvalue weighted by atomic mass is 10.2. The number of pyridine rings is 1. The first-order valence-corrected chi connectivity index (χ1v) is 8.16. The third-order valence-electron chi connectivity index (χ3n) is 4.27. The first kappa shape index (κ1) is 16.3. The first-order chi connectivity index (χ1) is 11.7. The van der Waals surface area contributed by atoms with Crippen LogP contribution < -0.4 is 4.90 Å². The molecule has 24 heavy (non-hydrogen) atoms. The summed E-state index contributed by atoms with van der Waals surface area (Å²) in [5.41, 5.74) is 2.10. The van der Waals surface area contributed by atoms with Crippen LogP contribution in [0, 0.1) is 5.82 Å². The van der Waals surface area contributed by atoms with E-state index in [0.29, 0.717) is 0 Å². The molecule has 1 N–H and O–H groups in total. The minimum absolute atomic E-state index is 0.0160. The minimum atomic E-state index is -0.272. The van der Waals surface area contributed by atoms with Crippen molar-refractivity contribution in [2.24, 2.45) is 0 Å². The van der Waals surface area contributed by atoms with Crippen LogP contribution in [0.3, 0.4) is 0 Å². The van der Waals surface area contributed by atoms with Crippen molar-refractivity contribution in [3.8, 4) is 0 Å². The van der Waals surface area contributed by atoms with Gasteiger partial charge in [-0.05, 0) is 35.9 Å². The van der Waals surface area contributed by atoms with E-state index in [0.717, 1.165) is 38.3 Å². The van der Waals surface area contributed by atoms with E-state index in [4.69, 9.17) is 0 Å². The second-order valence-corrected chi connectivity index (χ2v) is 5.99. The first-order valence-electron chi connectivity index (χ1n) is 8.16. The summed E-state index contributed by atoms with van der Waals surface area (Å²) in [6.45, 7) is 4.37. The Morgan fingerprint density at radius 3 is 2.46 bits per heavy atom. The molecule has 124 valence electrons. The largest absolute Gasteiger partial charge is 0.328 e. The summed E-state index contributed by atoms with van der Waals surface area (Å²) in [7, 11) is 0. The fourth-order valence-corrected chi connectivity index (χ4v) is 2.86. The van der Waals surface area contributed by atoms with Crippen molar-refractivity contribution < 1.29 is 14.1 Å². The van der Waals surface area contributed by atoms with Gasteiger partial charge in [-0.25, -0.2) is 4.39 Å². The van der Waals surface area contributed by atoms with E-state index in [9.17, 15) is 9.18 Å². The van der Waals surface area contributed by atoms with Gasteiger partial charge in [0.05, 0.1) is 26.2 Å². The van der Waals surface area contributed by atoms with Crippen LogP contribution in [0.4, 0.5) is 4.39 Å². The summed E-state index contributed by atoms with van der Waals surface area (Å²) in [5.74, 6) is -0.256. The average molecular weight is 326 g/mol. The van der Waals surface area contributed by atoms with E-state index in [-0.39, 0.29) is 11.7 Å². The molecule has 5 heteroatoms. The van der Waals surface area contributed by atoms with Crippen molar-refractivity contribution in [3.63, 3.8) is 0 Å². The second kappa shape index (κ2) is 7.84. The van der Waals surface area contributed by atoms with Crippen molar-refractivity contribution in [1.82, 2.24) is 9.88 Å². The summed E-state index contributed by atoms with van der Waals surface area (Å²) >= 11 is 0. The third kappa shape index (κ3) is 4.49. The topological polar surface area (TPSA) is 37.6 Å². The number of halogens is 1. The molecule has 0 atom stereocenters. The Morgan fingerprint density at radius 2 is 1.79 bits per heavy atom. The lowest BCUT2D eigenvalue weighted by Crippen LogP contribution is -3.13. The fourth-order valence-electron chi connectivity index (χ4n) is 2.86. The zero-order chi connectivity index (χ0) is 16.8. The van der Waals surface area contributed by atoms with Crippen molar-refractivity contribution in [2.75, 3.05) is 26.2 Å². The van der Waals surface area contributed by atoms with Crippen LogP contribution in [0.15, 0.2) is 54.9 Å². The number of rotatable bonds is 4. The maximum absolute atomic E-state index is 12.9. The molecule has 1 saturated heterocycles. The number of amides is 1. The van der Waals surface area contributed by atoms with E-state index >= 15 is 0 Å². The quantitative estimate of drug-likeness (QED) is 0.856. The number of hydrogen-bond donors (Lipinski definition) is 1. The SMILES string of the molecule is O=C(/C=C/c1ccc(F)cc1)N1CC[NH+](Cc2ccncc2)CC1. The molecular formula is C19H21FN3O+. The molecule has 1 aliphatic heterocycles. The molecule has 1 amide bonds. The molecule has 1 aromatic heterocycles. The van der Waals surface area contributed by atoms with Gasteiger partial charge in [-0.2, -0.15) is 0 Å². The summed E-state index contributed by atoms with van der Waals surface area (Å²) in [6, 6.07) is 10.2. The Bertz CT molecular complexity index is 692. The molecule has 0 saturated carbocycles. The molecule has 0 bridgehead atoms. The molecule has 0 unspecified atom stereocenters. The van der Waals surface area contributed by atoms with Gasteiger partial charge in [0.1, 0.15) is 12.4 Å². The standard InChI is InChI=1S/C19H20FN3O/c20-18-4-1-16(2-5-18)3-6-19(24)23-13-11-22(12-14-23)15-17-7-9-21-10-8-17/h1-10H,11-15H2/p+1/b6-3+. The number of carbonyl (C=O) groups excluding carboxylic acids is 1. The molecule has 0 spiro atoms. The van der Waals surface area contributed by atoms with Gasteiger partial charge in [-0.15, -0.1) is 0 Å². The summed E-state index contributed by atoms with van der Waals surface area (Å²) < 4.78 is 12.9. The van der Waals surface area contributed by atoms with Gasteiger partial charge in [0.2, 0.25) is 5.91 Å². The van der Waals surface area contributed by atoms with Gasteiger partial charge in [-0.3, -0.25) is 9.78 Å². The molecule has 1 fully saturated rings. The molecule has 0 radical (unpaired) electrons. The number of quaternary nitrogens is 1. The molecule has 2 heterocycles. The molecule has 1 aromatic carbocycles. The van der Waals surface area contributed by atoms with Gasteiger partial charge in [0.15, 0.2) is 0 Å². The number of piperazine rings is 1. The second-order valence-electron chi connectivity index (χ2n) is 5.99. The van der Waals surface area contributed by atoms with E-state index in [2.05, 4.69) is 4.98 Å². The van der Waals surface area contributed by atoms with E-state index in [1.54, 1.807) is 24.3 Å². The zero-order valence-corrected chi connectivity index (χ0v) is 13.5. The van der Waals surface area contributed by atoms with E-state index in [1.165, 1.54) is 22.6 Å². The van der Waals surface area contributed by atoms with Crippen LogP contribution >= 0.6 is 0 Å². The highest BCUT2D eigenvalue weighted by Gasteiger charge is 2.22. The number of benzene rings is 1. The van der Waals surface area contributed by atoms with E-state index < -0.39 is 0 Å². The van der Waals surface area contributed by atoms with Gasteiger partial charge in [-0.1, -0.05) is 12.1 Å². The monoisotopic (exact) mass is 326 g/mol. The Balaban J connectivity index is 1.49. The fraction of sp³-hybridized carbons (Fsp3) is 0.263. The third-order valence-corrected chi connectivity index (χ3v) is 4.27. The van der Waals surface area contributed by atoms with Gasteiger partial charge < -0.3 is 9.80 Å². The number of hydrogen-bond acceptors (Lipinski definition) is 2. The normalized spacial score (nSPS) is 15.8. The summed E-state index contributed by atoms with van der Waals surface area (Å²) in [6.07, 6.45) is 6.93. The van der Waals surface area contributed by atoms with Crippen LogP contribution in [0.1, 0.15) is 11.1 Å². The molecule has 4 nitrogen and oxygen atoms in total. The highest BCUT2D eigenvalue weighted by atomic mass is 19.1. The Labute approximate surface area is 141 Å². The molecule has 1 aliphatic rings. The highest BCUT2D eigenvalue weighted by Crippen LogP contribution is 2.05. The smallest absolute Gasteiger partial charge is 0.246 e. The van der Waals surface area contributed by atoms with Gasteiger partial charge >= 0.3 is 0 Å². The average Bonchev–Trinajstić information content (AvgIpc) is 2.62. The number of nitrogens with one attached hydrogen (secondary N) is 1. The van der Waals surface area contributed by atoms with Crippen molar-refractivity contribution in [3.05, 3.63) is 71.8 Å². The lowest BCUT2D eigenvalue weighted by molar-refractivity contribution is -0.917. The number of aromatic nitrogens is 1. The minimum Gasteiger partial charge on any atom is -0.328 e. The Hall–Kier alpha value is -2.53. The Kier molecular flexibility index (Phi) is 5.33. The van der Waals surface area contributed by atoms with Crippen LogP contribution in [-0.2, 0) is 11.3 Å². The highest BCUT2D eigenvalue weighted by molar-refractivity contribution is 5.91. The molecule has 2 aromatic rings. The van der Waals surface area contributed by atoms with Crippen molar-refractivity contribution >= 4 is 12.0 Å².